The molecule has 126 valence electrons. The first-order valence-corrected chi connectivity index (χ1v) is 7.12. The van der Waals surface area contributed by atoms with Crippen LogP contribution in [0.5, 0.6) is 0 Å². The van der Waals surface area contributed by atoms with Gasteiger partial charge in [-0.3, -0.25) is 9.59 Å². The minimum atomic E-state index is -4.57. The van der Waals surface area contributed by atoms with Gasteiger partial charge in [-0.25, -0.2) is 0 Å². The average molecular weight is 323 g/mol. The van der Waals surface area contributed by atoms with Gasteiger partial charge in [0.25, 0.3) is 0 Å². The molecule has 1 amide bonds. The molecule has 0 spiro atoms. The highest BCUT2D eigenvalue weighted by molar-refractivity contribution is 5.79. The molecule has 5 nitrogen and oxygen atoms in total. The number of carbonyl (C=O) groups excluding carboxylic acids is 2. The minimum Gasteiger partial charge on any atom is -0.465 e. The normalized spacial score (nSPS) is 32.0. The summed E-state index contributed by atoms with van der Waals surface area (Å²) in [5.41, 5.74) is -3.49. The number of hydrogen-bond donors (Lipinski definition) is 0. The van der Waals surface area contributed by atoms with Gasteiger partial charge < -0.3 is 14.4 Å². The molecule has 0 saturated carbocycles. The van der Waals surface area contributed by atoms with Crippen molar-refractivity contribution in [3.8, 4) is 0 Å². The van der Waals surface area contributed by atoms with Crippen LogP contribution in [-0.2, 0) is 19.1 Å². The van der Waals surface area contributed by atoms with Gasteiger partial charge in [0.05, 0.1) is 25.2 Å². The molecule has 2 aliphatic heterocycles. The van der Waals surface area contributed by atoms with E-state index in [-0.39, 0.29) is 37.9 Å². The molecule has 2 fully saturated rings. The molecule has 0 aliphatic carbocycles. The van der Waals surface area contributed by atoms with Crippen LogP contribution in [0.2, 0.25) is 0 Å². The number of morpholine rings is 1. The van der Waals surface area contributed by atoms with Crippen LogP contribution in [0.4, 0.5) is 13.2 Å². The van der Waals surface area contributed by atoms with E-state index in [0.29, 0.717) is 0 Å². The lowest BCUT2D eigenvalue weighted by Gasteiger charge is -2.49. The Morgan fingerprint density at radius 2 is 1.95 bits per heavy atom. The predicted molar refractivity (Wildman–Crippen MR) is 69.9 cm³/mol. The fraction of sp³-hybridized carbons (Fsp3) is 0.857. The van der Waals surface area contributed by atoms with E-state index in [1.807, 2.05) is 0 Å². The standard InChI is InChI=1S/C14H20F3NO4/c1-12(2)7-18(8-13(3,22-12)14(15,16)17)10(19)4-9-5-11(20)21-6-9/h9H,4-8H2,1-3H3/t9-,13+/m1/s1. The lowest BCUT2D eigenvalue weighted by atomic mass is 9.95. The number of carbonyl (C=O) groups is 2. The summed E-state index contributed by atoms with van der Waals surface area (Å²) in [6, 6.07) is 0. The quantitative estimate of drug-likeness (QED) is 0.728. The maximum atomic E-state index is 13.2. The second-order valence-corrected chi connectivity index (χ2v) is 6.80. The minimum absolute atomic E-state index is 0.00968. The Morgan fingerprint density at radius 1 is 1.32 bits per heavy atom. The van der Waals surface area contributed by atoms with Crippen LogP contribution in [0.25, 0.3) is 0 Å². The first-order valence-electron chi connectivity index (χ1n) is 7.12. The van der Waals surface area contributed by atoms with E-state index < -0.39 is 29.8 Å². The fourth-order valence-electron chi connectivity index (χ4n) is 2.95. The Kier molecular flexibility index (Phi) is 4.18. The van der Waals surface area contributed by atoms with E-state index in [1.165, 1.54) is 18.7 Å². The predicted octanol–water partition coefficient (Wildman–Crippen LogP) is 1.90. The molecule has 0 aromatic carbocycles. The fourth-order valence-corrected chi connectivity index (χ4v) is 2.95. The molecule has 22 heavy (non-hydrogen) atoms. The second-order valence-electron chi connectivity index (χ2n) is 6.80. The molecular weight excluding hydrogens is 303 g/mol. The van der Waals surface area contributed by atoms with E-state index in [9.17, 15) is 22.8 Å². The van der Waals surface area contributed by atoms with E-state index in [0.717, 1.165) is 6.92 Å². The zero-order chi connectivity index (χ0) is 16.8. The summed E-state index contributed by atoms with van der Waals surface area (Å²) in [4.78, 5) is 24.5. The Bertz CT molecular complexity index is 477. The third-order valence-electron chi connectivity index (χ3n) is 3.92. The van der Waals surface area contributed by atoms with Crippen molar-refractivity contribution in [3.05, 3.63) is 0 Å². The molecule has 0 radical (unpaired) electrons. The Balaban J connectivity index is 2.09. The van der Waals surface area contributed by atoms with Crippen LogP contribution in [0.15, 0.2) is 0 Å². The van der Waals surface area contributed by atoms with Gasteiger partial charge in [0.15, 0.2) is 5.60 Å². The highest BCUT2D eigenvalue weighted by Crippen LogP contribution is 2.40. The third-order valence-corrected chi connectivity index (χ3v) is 3.92. The van der Waals surface area contributed by atoms with E-state index >= 15 is 0 Å². The molecular formula is C14H20F3NO4. The van der Waals surface area contributed by atoms with Gasteiger partial charge >= 0.3 is 12.1 Å². The SMILES string of the molecule is CC1(C)CN(C(=O)C[C@H]2COC(=O)C2)C[C@@](C)(C(F)(F)F)O1. The van der Waals surface area contributed by atoms with Gasteiger partial charge in [-0.1, -0.05) is 0 Å². The maximum absolute atomic E-state index is 13.2. The Hall–Kier alpha value is -1.31. The van der Waals surface area contributed by atoms with Gasteiger partial charge in [0.2, 0.25) is 5.91 Å². The number of esters is 1. The smallest absolute Gasteiger partial charge is 0.418 e. The highest BCUT2D eigenvalue weighted by Gasteiger charge is 2.58. The molecule has 2 atom stereocenters. The molecule has 8 heteroatoms. The average Bonchev–Trinajstić information content (AvgIpc) is 2.70. The maximum Gasteiger partial charge on any atom is 0.418 e. The number of alkyl halides is 3. The molecule has 2 aliphatic rings. The molecule has 0 N–H and O–H groups in total. The Morgan fingerprint density at radius 3 is 2.45 bits per heavy atom. The molecule has 0 bridgehead atoms. The van der Waals surface area contributed by atoms with Crippen molar-refractivity contribution < 1.29 is 32.2 Å². The molecule has 2 saturated heterocycles. The van der Waals surface area contributed by atoms with Crippen molar-refractivity contribution in [1.82, 2.24) is 4.90 Å². The van der Waals surface area contributed by atoms with Crippen LogP contribution >= 0.6 is 0 Å². The topological polar surface area (TPSA) is 55.8 Å². The molecule has 0 unspecified atom stereocenters. The van der Waals surface area contributed by atoms with E-state index in [1.54, 1.807) is 0 Å². The second kappa shape index (κ2) is 5.40. The largest absolute Gasteiger partial charge is 0.465 e. The summed E-state index contributed by atoms with van der Waals surface area (Å²) in [6.07, 6.45) is -4.43. The zero-order valence-electron chi connectivity index (χ0n) is 12.8. The van der Waals surface area contributed by atoms with Crippen molar-refractivity contribution >= 4 is 11.9 Å². The van der Waals surface area contributed by atoms with Crippen LogP contribution in [0, 0.1) is 5.92 Å². The zero-order valence-corrected chi connectivity index (χ0v) is 12.8. The van der Waals surface area contributed by atoms with Crippen molar-refractivity contribution in [2.45, 2.75) is 51.0 Å². The number of amides is 1. The van der Waals surface area contributed by atoms with Crippen molar-refractivity contribution in [3.63, 3.8) is 0 Å². The van der Waals surface area contributed by atoms with Crippen LogP contribution in [0.1, 0.15) is 33.6 Å². The first kappa shape index (κ1) is 17.1. The molecule has 0 aromatic heterocycles. The van der Waals surface area contributed by atoms with Gasteiger partial charge in [0, 0.05) is 18.9 Å². The van der Waals surface area contributed by atoms with Gasteiger partial charge in [-0.15, -0.1) is 0 Å². The van der Waals surface area contributed by atoms with Crippen LogP contribution in [-0.4, -0.2) is 53.9 Å². The summed E-state index contributed by atoms with van der Waals surface area (Å²) in [6.45, 7) is 3.70. The third kappa shape index (κ3) is 3.53. The monoisotopic (exact) mass is 323 g/mol. The lowest BCUT2D eigenvalue weighted by Crippen LogP contribution is -2.65. The summed E-state index contributed by atoms with van der Waals surface area (Å²) >= 11 is 0. The van der Waals surface area contributed by atoms with Crippen LogP contribution in [0.3, 0.4) is 0 Å². The summed E-state index contributed by atoms with van der Waals surface area (Å²) in [7, 11) is 0. The highest BCUT2D eigenvalue weighted by atomic mass is 19.4. The van der Waals surface area contributed by atoms with E-state index in [4.69, 9.17) is 9.47 Å². The number of hydrogen-bond acceptors (Lipinski definition) is 4. The van der Waals surface area contributed by atoms with Gasteiger partial charge in [-0.2, -0.15) is 13.2 Å². The molecule has 2 heterocycles. The number of rotatable bonds is 2. The first-order chi connectivity index (χ1) is 9.92. The number of nitrogens with zero attached hydrogens (tertiary/aromatic N) is 1. The van der Waals surface area contributed by atoms with Gasteiger partial charge in [-0.05, 0) is 20.8 Å². The van der Waals surface area contributed by atoms with E-state index in [2.05, 4.69) is 0 Å². The Labute approximate surface area is 126 Å². The summed E-state index contributed by atoms with van der Waals surface area (Å²) in [5.74, 6) is -1.04. The number of halogens is 3. The molecule has 2 rings (SSSR count). The van der Waals surface area contributed by atoms with Crippen LogP contribution < -0.4 is 0 Å². The van der Waals surface area contributed by atoms with Gasteiger partial charge in [0.1, 0.15) is 0 Å². The summed E-state index contributed by atoms with van der Waals surface area (Å²) in [5, 5.41) is 0. The van der Waals surface area contributed by atoms with Crippen molar-refractivity contribution in [2.24, 2.45) is 5.92 Å². The summed E-state index contributed by atoms with van der Waals surface area (Å²) < 4.78 is 49.7. The van der Waals surface area contributed by atoms with Crippen molar-refractivity contribution in [2.75, 3.05) is 19.7 Å². The number of ether oxygens (including phenoxy) is 2. The lowest BCUT2D eigenvalue weighted by molar-refractivity contribution is -0.320. The molecule has 0 aromatic rings. The number of cyclic esters (lactones) is 1. The van der Waals surface area contributed by atoms with Crippen molar-refractivity contribution in [1.29, 1.82) is 0 Å².